The molecule has 2 bridgehead atoms. The molecule has 0 aromatic heterocycles. The summed E-state index contributed by atoms with van der Waals surface area (Å²) in [5, 5.41) is 9.07. The predicted molar refractivity (Wildman–Crippen MR) is 118 cm³/mol. The highest BCUT2D eigenvalue weighted by Crippen LogP contribution is 2.63. The summed E-state index contributed by atoms with van der Waals surface area (Å²) in [7, 11) is -8.57. The van der Waals surface area contributed by atoms with Crippen molar-refractivity contribution in [3.63, 3.8) is 0 Å². The minimum Gasteiger partial charge on any atom is -0.269 e. The first-order valence-corrected chi connectivity index (χ1v) is 14.0. The summed E-state index contributed by atoms with van der Waals surface area (Å²) in [5.41, 5.74) is -2.13. The van der Waals surface area contributed by atoms with Gasteiger partial charge in [0.05, 0.1) is 33.5 Å². The van der Waals surface area contributed by atoms with Crippen LogP contribution in [-0.2, 0) is 26.0 Å². The van der Waals surface area contributed by atoms with E-state index in [4.69, 9.17) is 5.26 Å². The highest BCUT2D eigenvalue weighted by Gasteiger charge is 2.71. The first-order valence-electron chi connectivity index (χ1n) is 10.9. The number of rotatable bonds is 4. The van der Waals surface area contributed by atoms with Gasteiger partial charge in [0.1, 0.15) is 10.6 Å². The smallest absolute Gasteiger partial charge is 0.269 e. The van der Waals surface area contributed by atoms with Gasteiger partial charge in [0.25, 0.3) is 0 Å². The minimum atomic E-state index is -4.87. The average molecular weight is 529 g/mol. The third-order valence-electron chi connectivity index (χ3n) is 7.80. The van der Waals surface area contributed by atoms with Crippen LogP contribution in [0.2, 0.25) is 0 Å². The Balaban J connectivity index is 1.62. The monoisotopic (exact) mass is 528 g/mol. The maximum atomic E-state index is 14.0. The van der Waals surface area contributed by atoms with Crippen LogP contribution in [0.15, 0.2) is 47.4 Å². The number of anilines is 1. The second-order valence-electron chi connectivity index (χ2n) is 9.42. The van der Waals surface area contributed by atoms with Crippen LogP contribution in [0.1, 0.15) is 30.4 Å². The van der Waals surface area contributed by atoms with E-state index in [0.29, 0.717) is 18.9 Å². The highest BCUT2D eigenvalue weighted by molar-refractivity contribution is 7.97. The zero-order valence-corrected chi connectivity index (χ0v) is 19.8. The third-order valence-corrected chi connectivity index (χ3v) is 12.5. The van der Waals surface area contributed by atoms with Gasteiger partial charge in [-0.25, -0.2) is 21.2 Å². The lowest BCUT2D eigenvalue weighted by Gasteiger charge is -2.36. The Morgan fingerprint density at radius 2 is 1.80 bits per heavy atom. The van der Waals surface area contributed by atoms with E-state index >= 15 is 0 Å². The molecule has 2 aromatic carbocycles. The fourth-order valence-corrected chi connectivity index (χ4v) is 11.6. The first-order chi connectivity index (χ1) is 16.3. The van der Waals surface area contributed by atoms with Crippen LogP contribution in [0, 0.1) is 34.9 Å². The van der Waals surface area contributed by atoms with E-state index < -0.39 is 65.3 Å². The van der Waals surface area contributed by atoms with E-state index in [1.54, 1.807) is 0 Å². The van der Waals surface area contributed by atoms with Crippen LogP contribution < -0.4 is 4.31 Å². The van der Waals surface area contributed by atoms with Gasteiger partial charge in [0, 0.05) is 12.5 Å². The van der Waals surface area contributed by atoms with Crippen molar-refractivity contribution in [1.29, 1.82) is 5.26 Å². The Morgan fingerprint density at radius 1 is 1.11 bits per heavy atom. The molecular formula is C23H20F4N2O4S2. The molecule has 2 aromatic rings. The Bertz CT molecular complexity index is 1450. The molecule has 0 spiro atoms. The molecule has 0 amide bonds. The largest absolute Gasteiger partial charge is 0.417 e. The number of benzene rings is 2. The van der Waals surface area contributed by atoms with Gasteiger partial charge in [-0.2, -0.15) is 18.4 Å². The van der Waals surface area contributed by atoms with E-state index in [-0.39, 0.29) is 23.0 Å². The van der Waals surface area contributed by atoms with Crippen molar-refractivity contribution in [1.82, 2.24) is 0 Å². The molecular weight excluding hydrogens is 508 g/mol. The standard InChI is InChI=1S/C23H20F4N2O4S2/c24-17-4-7-19(8-5-17)34(30,31)13-22-16-3-1-14(9-16)21(22)12-29(35(22,32)33)18-6-2-15(11-28)20(10-18)23(25,26)27/h2,4-8,10,14,16,21H,1,3,9,12-13H2/t14-,16+,21+,22-/m1/s1. The Hall–Kier alpha value is -2.65. The summed E-state index contributed by atoms with van der Waals surface area (Å²) in [6, 6.07) is 8.31. The van der Waals surface area contributed by atoms with Gasteiger partial charge in [-0.05, 0) is 73.6 Å². The van der Waals surface area contributed by atoms with Crippen molar-refractivity contribution >= 4 is 25.5 Å². The molecule has 3 aliphatic rings. The van der Waals surface area contributed by atoms with Crippen LogP contribution in [0.4, 0.5) is 23.2 Å². The van der Waals surface area contributed by atoms with E-state index in [1.165, 1.54) is 6.07 Å². The van der Waals surface area contributed by atoms with Crippen LogP contribution >= 0.6 is 0 Å². The zero-order chi connectivity index (χ0) is 25.4. The highest BCUT2D eigenvalue weighted by atomic mass is 32.2. The van der Waals surface area contributed by atoms with Crippen molar-refractivity contribution < 1.29 is 34.4 Å². The topological polar surface area (TPSA) is 95.3 Å². The molecule has 3 fully saturated rings. The van der Waals surface area contributed by atoms with E-state index in [2.05, 4.69) is 0 Å². The number of hydrogen-bond donors (Lipinski definition) is 0. The van der Waals surface area contributed by atoms with Gasteiger partial charge in [-0.3, -0.25) is 4.31 Å². The fourth-order valence-electron chi connectivity index (χ4n) is 6.30. The van der Waals surface area contributed by atoms with Gasteiger partial charge in [-0.1, -0.05) is 0 Å². The van der Waals surface area contributed by atoms with Crippen molar-refractivity contribution in [3.8, 4) is 6.07 Å². The maximum absolute atomic E-state index is 14.0. The van der Waals surface area contributed by atoms with E-state index in [1.807, 2.05) is 0 Å². The van der Waals surface area contributed by atoms with Gasteiger partial charge in [0.15, 0.2) is 9.84 Å². The van der Waals surface area contributed by atoms with E-state index in [9.17, 15) is 34.4 Å². The number of halogens is 4. The lowest BCUT2D eigenvalue weighted by atomic mass is 9.79. The van der Waals surface area contributed by atoms with Crippen LogP contribution in [0.3, 0.4) is 0 Å². The van der Waals surface area contributed by atoms with E-state index in [0.717, 1.165) is 47.1 Å². The quantitative estimate of drug-likeness (QED) is 0.440. The summed E-state index contributed by atoms with van der Waals surface area (Å²) in [6.45, 7) is -0.133. The number of hydrogen-bond acceptors (Lipinski definition) is 5. The van der Waals surface area contributed by atoms with Crippen molar-refractivity contribution in [2.75, 3.05) is 16.6 Å². The number of fused-ring (bicyclic) bond motifs is 5. The molecule has 4 atom stereocenters. The second-order valence-corrected chi connectivity index (χ2v) is 13.6. The predicted octanol–water partition coefficient (Wildman–Crippen LogP) is 4.12. The number of nitriles is 1. The molecule has 35 heavy (non-hydrogen) atoms. The summed E-state index contributed by atoms with van der Waals surface area (Å²) in [6.07, 6.45) is -3.10. The lowest BCUT2D eigenvalue weighted by molar-refractivity contribution is -0.137. The van der Waals surface area contributed by atoms with Gasteiger partial charge >= 0.3 is 6.18 Å². The summed E-state index contributed by atoms with van der Waals surface area (Å²) in [4.78, 5) is -0.207. The molecule has 1 heterocycles. The SMILES string of the molecule is N#Cc1ccc(N2C[C@H]3[C@@H]4CC[C@@H](C4)[C@@]3(CS(=O)(=O)c3ccc(F)cc3)S2(=O)=O)cc1C(F)(F)F. The third kappa shape index (κ3) is 3.46. The van der Waals surface area contributed by atoms with Crippen molar-refractivity contribution in [2.24, 2.45) is 17.8 Å². The molecule has 12 heteroatoms. The molecule has 0 radical (unpaired) electrons. The number of sulfone groups is 1. The number of alkyl halides is 3. The summed E-state index contributed by atoms with van der Waals surface area (Å²) in [5.74, 6) is -2.46. The van der Waals surface area contributed by atoms with Crippen LogP contribution in [0.25, 0.3) is 0 Å². The molecule has 0 unspecified atom stereocenters. The molecule has 0 N–H and O–H groups in total. The van der Waals surface area contributed by atoms with Crippen molar-refractivity contribution in [3.05, 3.63) is 59.4 Å². The molecule has 186 valence electrons. The normalized spacial score (nSPS) is 29.2. The van der Waals surface area contributed by atoms with Gasteiger partial charge in [-0.15, -0.1) is 0 Å². The Morgan fingerprint density at radius 3 is 2.43 bits per heavy atom. The minimum absolute atomic E-state index is 0.0661. The average Bonchev–Trinajstić information content (AvgIpc) is 3.43. The molecule has 2 aliphatic carbocycles. The summed E-state index contributed by atoms with van der Waals surface area (Å²) >= 11 is 0. The van der Waals surface area contributed by atoms with Crippen molar-refractivity contribution in [2.45, 2.75) is 35.1 Å². The van der Waals surface area contributed by atoms with Crippen LogP contribution in [0.5, 0.6) is 0 Å². The molecule has 6 nitrogen and oxygen atoms in total. The number of nitrogens with zero attached hydrogens (tertiary/aromatic N) is 2. The number of sulfonamides is 1. The molecule has 1 aliphatic heterocycles. The summed E-state index contributed by atoms with van der Waals surface area (Å²) < 4.78 is 108. The van der Waals surface area contributed by atoms with Crippen LogP contribution in [-0.4, -0.2) is 33.9 Å². The maximum Gasteiger partial charge on any atom is 0.417 e. The zero-order valence-electron chi connectivity index (χ0n) is 18.2. The molecule has 2 saturated carbocycles. The Labute approximate surface area is 200 Å². The van der Waals surface area contributed by atoms with Gasteiger partial charge in [0.2, 0.25) is 10.0 Å². The molecule has 1 saturated heterocycles. The first kappa shape index (κ1) is 24.1. The fraction of sp³-hybridized carbons (Fsp3) is 0.435. The second kappa shape index (κ2) is 7.67. The Kier molecular flexibility index (Phi) is 5.27. The lowest BCUT2D eigenvalue weighted by Crippen LogP contribution is -2.52. The van der Waals surface area contributed by atoms with Gasteiger partial charge < -0.3 is 0 Å². The molecule has 5 rings (SSSR count).